The van der Waals surface area contributed by atoms with E-state index < -0.39 is 6.04 Å². The molecule has 1 N–H and O–H groups in total. The quantitative estimate of drug-likeness (QED) is 0.578. The maximum absolute atomic E-state index is 12.9. The van der Waals surface area contributed by atoms with Crippen molar-refractivity contribution in [1.82, 2.24) is 10.2 Å². The van der Waals surface area contributed by atoms with E-state index in [1.54, 1.807) is 49.4 Å². The van der Waals surface area contributed by atoms with E-state index in [0.29, 0.717) is 27.4 Å². The second-order valence-electron chi connectivity index (χ2n) is 6.48. The summed E-state index contributed by atoms with van der Waals surface area (Å²) in [6.45, 7) is 4.14. The van der Waals surface area contributed by atoms with Crippen LogP contribution in [0.1, 0.15) is 25.8 Å². The van der Waals surface area contributed by atoms with E-state index in [1.807, 2.05) is 6.92 Å². The predicted octanol–water partition coefficient (Wildman–Crippen LogP) is 4.97. The van der Waals surface area contributed by atoms with Gasteiger partial charge < -0.3 is 15.0 Å². The highest BCUT2D eigenvalue weighted by Gasteiger charge is 2.26. The number of hydrogen-bond donors (Lipinski definition) is 1. The minimum Gasteiger partial charge on any atom is -0.484 e. The molecule has 0 aromatic heterocycles. The number of rotatable bonds is 9. The zero-order chi connectivity index (χ0) is 21.4. The average molecular weight is 458 g/mol. The highest BCUT2D eigenvalue weighted by atomic mass is 35.5. The molecule has 0 unspecified atom stereocenters. The topological polar surface area (TPSA) is 58.6 Å². The second-order valence-corrected chi connectivity index (χ2v) is 7.73. The first-order chi connectivity index (χ1) is 13.8. The van der Waals surface area contributed by atoms with Crippen LogP contribution in [0.5, 0.6) is 5.75 Å². The molecule has 0 spiro atoms. The van der Waals surface area contributed by atoms with Crippen molar-refractivity contribution in [2.75, 3.05) is 13.2 Å². The van der Waals surface area contributed by atoms with E-state index in [0.717, 1.165) is 12.0 Å². The van der Waals surface area contributed by atoms with Gasteiger partial charge in [0.25, 0.3) is 5.91 Å². The molecule has 2 aromatic rings. The number of benzene rings is 2. The molecule has 0 aliphatic heterocycles. The lowest BCUT2D eigenvalue weighted by Gasteiger charge is -2.29. The van der Waals surface area contributed by atoms with Crippen molar-refractivity contribution >= 4 is 46.6 Å². The molecule has 0 aliphatic rings. The Morgan fingerprint density at radius 2 is 1.86 bits per heavy atom. The van der Waals surface area contributed by atoms with Crippen molar-refractivity contribution in [3.8, 4) is 5.75 Å². The average Bonchev–Trinajstić information content (AvgIpc) is 2.70. The van der Waals surface area contributed by atoms with Gasteiger partial charge >= 0.3 is 0 Å². The molecule has 0 aliphatic carbocycles. The number of nitrogens with zero attached hydrogens (tertiary/aromatic N) is 1. The van der Waals surface area contributed by atoms with Gasteiger partial charge in [-0.05, 0) is 49.2 Å². The Labute approximate surface area is 185 Å². The fourth-order valence-electron chi connectivity index (χ4n) is 2.60. The first kappa shape index (κ1) is 23.3. The van der Waals surface area contributed by atoms with Crippen LogP contribution < -0.4 is 10.1 Å². The Morgan fingerprint density at radius 1 is 1.10 bits per heavy atom. The summed E-state index contributed by atoms with van der Waals surface area (Å²) in [5, 5.41) is 4.13. The number of halogens is 3. The van der Waals surface area contributed by atoms with Crippen molar-refractivity contribution in [2.24, 2.45) is 0 Å². The monoisotopic (exact) mass is 456 g/mol. The largest absolute Gasteiger partial charge is 0.484 e. The fourth-order valence-corrected chi connectivity index (χ4v) is 3.10. The van der Waals surface area contributed by atoms with E-state index in [2.05, 4.69) is 5.32 Å². The van der Waals surface area contributed by atoms with Gasteiger partial charge in [-0.2, -0.15) is 0 Å². The minimum absolute atomic E-state index is 0.190. The Kier molecular flexibility index (Phi) is 9.08. The van der Waals surface area contributed by atoms with Crippen molar-refractivity contribution in [1.29, 1.82) is 0 Å². The summed E-state index contributed by atoms with van der Waals surface area (Å²) in [6, 6.07) is 11.2. The summed E-state index contributed by atoms with van der Waals surface area (Å²) in [7, 11) is 0. The molecule has 2 aromatic carbocycles. The molecular formula is C21H23Cl3N2O3. The number of hydrogen-bond acceptors (Lipinski definition) is 3. The molecule has 0 fully saturated rings. The summed E-state index contributed by atoms with van der Waals surface area (Å²) in [5.41, 5.74) is 0.755. The van der Waals surface area contributed by atoms with Gasteiger partial charge in [-0.3, -0.25) is 9.59 Å². The van der Waals surface area contributed by atoms with Crippen LogP contribution in [0.2, 0.25) is 15.1 Å². The van der Waals surface area contributed by atoms with Crippen molar-refractivity contribution in [3.05, 3.63) is 63.1 Å². The lowest BCUT2D eigenvalue weighted by Crippen LogP contribution is -2.49. The van der Waals surface area contributed by atoms with E-state index in [9.17, 15) is 9.59 Å². The van der Waals surface area contributed by atoms with Crippen LogP contribution in [-0.2, 0) is 16.1 Å². The van der Waals surface area contributed by atoms with Gasteiger partial charge in [-0.25, -0.2) is 0 Å². The van der Waals surface area contributed by atoms with Gasteiger partial charge in [0.05, 0.1) is 10.0 Å². The molecule has 0 radical (unpaired) electrons. The Morgan fingerprint density at radius 3 is 2.52 bits per heavy atom. The summed E-state index contributed by atoms with van der Waals surface area (Å²) in [6.07, 6.45) is 0.803. The number of carbonyl (C=O) groups is 2. The first-order valence-electron chi connectivity index (χ1n) is 9.21. The molecule has 0 saturated carbocycles. The molecule has 0 bridgehead atoms. The van der Waals surface area contributed by atoms with Gasteiger partial charge in [0.2, 0.25) is 5.91 Å². The molecule has 0 saturated heterocycles. The third-order valence-corrected chi connectivity index (χ3v) is 5.19. The normalized spacial score (nSPS) is 11.6. The molecule has 8 heteroatoms. The molecule has 2 rings (SSSR count). The number of carbonyl (C=O) groups excluding carboxylic acids is 2. The molecular weight excluding hydrogens is 435 g/mol. The number of nitrogens with one attached hydrogen (secondary N) is 1. The van der Waals surface area contributed by atoms with Crippen molar-refractivity contribution in [3.63, 3.8) is 0 Å². The van der Waals surface area contributed by atoms with E-state index >= 15 is 0 Å². The SMILES string of the molecule is CCCNC(=O)[C@@H](C)N(Cc1ccc(Cl)c(Cl)c1)C(=O)COc1cccc(Cl)c1. The Hall–Kier alpha value is -1.95. The summed E-state index contributed by atoms with van der Waals surface area (Å²) >= 11 is 18.0. The molecule has 1 atom stereocenters. The highest BCUT2D eigenvalue weighted by Crippen LogP contribution is 2.24. The van der Waals surface area contributed by atoms with Crippen LogP contribution in [0.3, 0.4) is 0 Å². The second kappa shape index (κ2) is 11.3. The first-order valence-corrected chi connectivity index (χ1v) is 10.3. The Balaban J connectivity index is 2.16. The number of ether oxygens (including phenoxy) is 1. The maximum atomic E-state index is 12.9. The van der Waals surface area contributed by atoms with E-state index in [-0.39, 0.29) is 25.0 Å². The van der Waals surface area contributed by atoms with Gasteiger partial charge in [0.1, 0.15) is 11.8 Å². The van der Waals surface area contributed by atoms with Crippen LogP contribution in [0, 0.1) is 0 Å². The van der Waals surface area contributed by atoms with E-state index in [1.165, 1.54) is 4.90 Å². The third kappa shape index (κ3) is 7.11. The van der Waals surface area contributed by atoms with E-state index in [4.69, 9.17) is 39.5 Å². The summed E-state index contributed by atoms with van der Waals surface area (Å²) in [5.74, 6) is -0.0957. The lowest BCUT2D eigenvalue weighted by atomic mass is 10.1. The molecule has 29 heavy (non-hydrogen) atoms. The van der Waals surface area contributed by atoms with Gasteiger partial charge in [-0.1, -0.05) is 53.9 Å². The van der Waals surface area contributed by atoms with Crippen LogP contribution in [0.25, 0.3) is 0 Å². The van der Waals surface area contributed by atoms with Crippen LogP contribution in [0.4, 0.5) is 0 Å². The fraction of sp³-hybridized carbons (Fsp3) is 0.333. The zero-order valence-electron chi connectivity index (χ0n) is 16.3. The smallest absolute Gasteiger partial charge is 0.261 e. The Bertz CT molecular complexity index is 861. The summed E-state index contributed by atoms with van der Waals surface area (Å²) < 4.78 is 5.57. The maximum Gasteiger partial charge on any atom is 0.261 e. The lowest BCUT2D eigenvalue weighted by molar-refractivity contribution is -0.142. The summed E-state index contributed by atoms with van der Waals surface area (Å²) in [4.78, 5) is 26.8. The molecule has 0 heterocycles. The van der Waals surface area contributed by atoms with Crippen LogP contribution in [-0.4, -0.2) is 35.9 Å². The standard InChI is InChI=1S/C21H23Cl3N2O3/c1-3-9-25-21(28)14(2)26(12-15-7-8-18(23)19(24)10-15)20(27)13-29-17-6-4-5-16(22)11-17/h4-8,10-11,14H,3,9,12-13H2,1-2H3,(H,25,28)/t14-/m1/s1. The molecule has 156 valence electrons. The minimum atomic E-state index is -0.688. The molecule has 5 nitrogen and oxygen atoms in total. The van der Waals surface area contributed by atoms with Gasteiger partial charge in [0.15, 0.2) is 6.61 Å². The van der Waals surface area contributed by atoms with Crippen LogP contribution in [0.15, 0.2) is 42.5 Å². The highest BCUT2D eigenvalue weighted by molar-refractivity contribution is 6.42. The van der Waals surface area contributed by atoms with Crippen molar-refractivity contribution < 1.29 is 14.3 Å². The number of amides is 2. The van der Waals surface area contributed by atoms with Crippen LogP contribution >= 0.6 is 34.8 Å². The van der Waals surface area contributed by atoms with Crippen molar-refractivity contribution in [2.45, 2.75) is 32.9 Å². The zero-order valence-corrected chi connectivity index (χ0v) is 18.5. The van der Waals surface area contributed by atoms with Gasteiger partial charge in [-0.15, -0.1) is 0 Å². The molecule has 2 amide bonds. The third-order valence-electron chi connectivity index (χ3n) is 4.21. The predicted molar refractivity (Wildman–Crippen MR) is 117 cm³/mol. The van der Waals surface area contributed by atoms with Gasteiger partial charge in [0, 0.05) is 18.1 Å².